The lowest BCUT2D eigenvalue weighted by molar-refractivity contribution is -0.138. The fourth-order valence-electron chi connectivity index (χ4n) is 18.2. The molecular weight excluding hydrogens is 841 g/mol. The van der Waals surface area contributed by atoms with Gasteiger partial charge in [-0.3, -0.25) is 9.59 Å². The number of carbonyl (C=O) groups is 2. The summed E-state index contributed by atoms with van der Waals surface area (Å²) in [4.78, 5) is 20.1. The number of aliphatic hydroxyl groups excluding tert-OH is 2. The molecule has 390 valence electrons. The van der Waals surface area contributed by atoms with Gasteiger partial charge in [-0.25, -0.2) is 0 Å². The van der Waals surface area contributed by atoms with E-state index in [0.29, 0.717) is 34.5 Å². The van der Waals surface area contributed by atoms with Gasteiger partial charge in [0.05, 0.1) is 12.2 Å². The molecular formula is C62H106O6. The van der Waals surface area contributed by atoms with Crippen LogP contribution in [0.2, 0.25) is 0 Å². The molecule has 6 fully saturated rings. The molecule has 0 aromatic heterocycles. The molecule has 8 aliphatic rings. The highest BCUT2D eigenvalue weighted by Gasteiger charge is 2.60. The lowest BCUT2D eigenvalue weighted by atomic mass is 9.47. The number of allylic oxidation sites excluding steroid dienone is 2. The number of carboxylic acid groups (broad SMARTS) is 2. The van der Waals surface area contributed by atoms with E-state index in [-0.39, 0.29) is 25.0 Å². The van der Waals surface area contributed by atoms with Gasteiger partial charge >= 0.3 is 11.9 Å². The molecule has 0 aliphatic heterocycles. The van der Waals surface area contributed by atoms with Crippen molar-refractivity contribution in [3.05, 3.63) is 23.3 Å². The topological polar surface area (TPSA) is 115 Å². The first-order valence-electron chi connectivity index (χ1n) is 29.3. The van der Waals surface area contributed by atoms with Gasteiger partial charge in [0, 0.05) is 12.8 Å². The monoisotopic (exact) mass is 947 g/mol. The van der Waals surface area contributed by atoms with E-state index in [1.54, 1.807) is 11.1 Å². The number of carboxylic acids is 2. The van der Waals surface area contributed by atoms with Crippen LogP contribution in [0.25, 0.3) is 0 Å². The van der Waals surface area contributed by atoms with E-state index in [1.165, 1.54) is 116 Å². The fraction of sp³-hybridized carbons (Fsp3) is 0.903. The zero-order valence-electron chi connectivity index (χ0n) is 45.6. The molecule has 0 aromatic carbocycles. The summed E-state index contributed by atoms with van der Waals surface area (Å²) < 4.78 is 0. The summed E-state index contributed by atoms with van der Waals surface area (Å²) in [5.74, 6) is 9.35. The van der Waals surface area contributed by atoms with E-state index in [4.69, 9.17) is 10.2 Å². The molecule has 0 radical (unpaired) electrons. The Kier molecular flexibility index (Phi) is 19.6. The second-order valence-electron chi connectivity index (χ2n) is 27.1. The Balaban J connectivity index is 0.000000182. The number of hydrogen-bond donors (Lipinski definition) is 4. The highest BCUT2D eigenvalue weighted by atomic mass is 16.4. The van der Waals surface area contributed by atoms with Crippen LogP contribution >= 0.6 is 0 Å². The quantitative estimate of drug-likeness (QED) is 0.0853. The minimum Gasteiger partial charge on any atom is -0.481 e. The molecule has 68 heavy (non-hydrogen) atoms. The van der Waals surface area contributed by atoms with Crippen molar-refractivity contribution in [1.82, 2.24) is 0 Å². The standard InChI is InChI=1S/2C27H46O.C8H14O4/c2*1-18(2)7-6-8-19(3)23-11-12-24-22-10-9-20-17-21(28)13-15-26(20,4)25(22)14-16-27(23,24)5;9-7(10)5-3-1-2-4-6-8(11)12/h2*9,18-19,21-25,28H,6-8,10-17H2,1-5H3;1-6H2,(H,9,10)(H,11,12)/t2*19-,21+,22+,23-,24+,25+,26+,27-;/m11./s1. The van der Waals surface area contributed by atoms with Crippen molar-refractivity contribution in [2.45, 2.75) is 261 Å². The van der Waals surface area contributed by atoms with Crippen LogP contribution in [0.4, 0.5) is 0 Å². The fourth-order valence-corrected chi connectivity index (χ4v) is 18.2. The van der Waals surface area contributed by atoms with Gasteiger partial charge in [-0.1, -0.05) is 144 Å². The predicted octanol–water partition coefficient (Wildman–Crippen LogP) is 16.3. The zero-order chi connectivity index (χ0) is 49.6. The van der Waals surface area contributed by atoms with E-state index >= 15 is 0 Å². The second kappa shape index (κ2) is 23.9. The van der Waals surface area contributed by atoms with Crippen molar-refractivity contribution in [2.75, 3.05) is 0 Å². The van der Waals surface area contributed by atoms with Crippen LogP contribution < -0.4 is 0 Å². The molecule has 0 amide bonds. The van der Waals surface area contributed by atoms with Crippen LogP contribution in [-0.2, 0) is 9.59 Å². The van der Waals surface area contributed by atoms with Crippen LogP contribution in [0.3, 0.4) is 0 Å². The van der Waals surface area contributed by atoms with Gasteiger partial charge in [-0.15, -0.1) is 0 Å². The summed E-state index contributed by atoms with van der Waals surface area (Å²) in [6.07, 6.45) is 37.6. The zero-order valence-corrected chi connectivity index (χ0v) is 45.6. The van der Waals surface area contributed by atoms with E-state index in [2.05, 4.69) is 81.4 Å². The third-order valence-electron chi connectivity index (χ3n) is 22.1. The third kappa shape index (κ3) is 12.6. The molecule has 4 N–H and O–H groups in total. The predicted molar refractivity (Wildman–Crippen MR) is 281 cm³/mol. The summed E-state index contributed by atoms with van der Waals surface area (Å²) >= 11 is 0. The van der Waals surface area contributed by atoms with Gasteiger partial charge in [-0.2, -0.15) is 0 Å². The smallest absolute Gasteiger partial charge is 0.303 e. The minimum absolute atomic E-state index is 0.0766. The van der Waals surface area contributed by atoms with Crippen molar-refractivity contribution in [3.8, 4) is 0 Å². The van der Waals surface area contributed by atoms with Crippen LogP contribution in [0.15, 0.2) is 23.3 Å². The van der Waals surface area contributed by atoms with E-state index in [1.807, 2.05) is 0 Å². The first-order chi connectivity index (χ1) is 32.1. The summed E-state index contributed by atoms with van der Waals surface area (Å²) in [5, 5.41) is 36.9. The maximum absolute atomic E-state index is 10.2. The highest BCUT2D eigenvalue weighted by molar-refractivity contribution is 5.67. The van der Waals surface area contributed by atoms with Crippen molar-refractivity contribution in [2.24, 2.45) is 92.7 Å². The van der Waals surface area contributed by atoms with E-state index in [0.717, 1.165) is 110 Å². The summed E-state index contributed by atoms with van der Waals surface area (Å²) in [6, 6.07) is 0. The Morgan fingerprint density at radius 1 is 0.500 bits per heavy atom. The molecule has 16 atom stereocenters. The van der Waals surface area contributed by atoms with Crippen LogP contribution in [-0.4, -0.2) is 44.6 Å². The Morgan fingerprint density at radius 3 is 1.24 bits per heavy atom. The molecule has 8 rings (SSSR count). The first kappa shape index (κ1) is 55.7. The normalized spacial score (nSPS) is 40.0. The Hall–Kier alpha value is -1.66. The van der Waals surface area contributed by atoms with Crippen LogP contribution in [0, 0.1) is 92.7 Å². The number of aliphatic hydroxyl groups is 2. The molecule has 6 nitrogen and oxygen atoms in total. The Labute approximate surface area is 417 Å². The number of rotatable bonds is 17. The number of unbranched alkanes of at least 4 members (excludes halogenated alkanes) is 3. The van der Waals surface area contributed by atoms with Crippen molar-refractivity contribution < 1.29 is 30.0 Å². The molecule has 0 unspecified atom stereocenters. The lowest BCUT2D eigenvalue weighted by Crippen LogP contribution is -2.50. The van der Waals surface area contributed by atoms with Crippen molar-refractivity contribution >= 4 is 11.9 Å². The highest BCUT2D eigenvalue weighted by Crippen LogP contribution is 2.69. The van der Waals surface area contributed by atoms with E-state index in [9.17, 15) is 19.8 Å². The average Bonchev–Trinajstić information content (AvgIpc) is 3.82. The molecule has 0 saturated heterocycles. The molecule has 0 bridgehead atoms. The maximum atomic E-state index is 10.2. The largest absolute Gasteiger partial charge is 0.481 e. The lowest BCUT2D eigenvalue weighted by Gasteiger charge is -2.58. The van der Waals surface area contributed by atoms with Gasteiger partial charge < -0.3 is 20.4 Å². The summed E-state index contributed by atoms with van der Waals surface area (Å²) in [6.45, 7) is 25.1. The number of hydrogen-bond acceptors (Lipinski definition) is 4. The van der Waals surface area contributed by atoms with Crippen molar-refractivity contribution in [1.29, 1.82) is 0 Å². The van der Waals surface area contributed by atoms with Gasteiger partial charge in [0.15, 0.2) is 0 Å². The van der Waals surface area contributed by atoms with Gasteiger partial charge in [0.2, 0.25) is 0 Å². The molecule has 0 aromatic rings. The molecule has 6 heteroatoms. The first-order valence-corrected chi connectivity index (χ1v) is 29.3. The second-order valence-corrected chi connectivity index (χ2v) is 27.1. The van der Waals surface area contributed by atoms with E-state index < -0.39 is 11.9 Å². The molecule has 6 saturated carbocycles. The Bertz CT molecular complexity index is 1570. The van der Waals surface area contributed by atoms with Gasteiger partial charge in [0.1, 0.15) is 0 Å². The maximum Gasteiger partial charge on any atom is 0.303 e. The molecule has 0 spiro atoms. The Morgan fingerprint density at radius 2 is 0.882 bits per heavy atom. The van der Waals surface area contributed by atoms with Crippen LogP contribution in [0.5, 0.6) is 0 Å². The van der Waals surface area contributed by atoms with Crippen molar-refractivity contribution in [3.63, 3.8) is 0 Å². The SMILES string of the molecule is CC(C)CCC[C@@H](C)[C@H]1CC[C@H]2[C@@H]3CC=C4C[C@@H](O)CC[C@]4(C)[C@H]3CC[C@]12C.CC(C)CCC[C@@H](C)[C@H]1CC[C@H]2[C@@H]3CC=C4C[C@@H](O)CC[C@]4(C)[C@H]3CC[C@]12C.O=C(O)CCCCCCC(=O)O. The molecule has 0 heterocycles. The number of fused-ring (bicyclic) bond motifs is 10. The minimum atomic E-state index is -0.784. The summed E-state index contributed by atoms with van der Waals surface area (Å²) in [5.41, 5.74) is 5.21. The van der Waals surface area contributed by atoms with Gasteiger partial charge in [-0.05, 0) is 208 Å². The average molecular weight is 948 g/mol. The number of aliphatic carboxylic acids is 2. The van der Waals surface area contributed by atoms with Gasteiger partial charge in [0.25, 0.3) is 0 Å². The molecule has 8 aliphatic carbocycles. The van der Waals surface area contributed by atoms with Crippen LogP contribution in [0.1, 0.15) is 249 Å². The third-order valence-corrected chi connectivity index (χ3v) is 22.1. The summed E-state index contributed by atoms with van der Waals surface area (Å²) in [7, 11) is 0.